The van der Waals surface area contributed by atoms with Crippen LogP contribution in [-0.2, 0) is 17.9 Å². The molecule has 1 aromatic carbocycles. The van der Waals surface area contributed by atoms with Gasteiger partial charge in [0.1, 0.15) is 23.5 Å². The molecule has 154 valence electrons. The van der Waals surface area contributed by atoms with Gasteiger partial charge in [-0.1, -0.05) is 18.2 Å². The first-order valence-electron chi connectivity index (χ1n) is 9.82. The number of carbonyl (C=O) groups excluding carboxylic acids is 2. The molecule has 0 saturated carbocycles. The highest BCUT2D eigenvalue weighted by atomic mass is 19.1. The average molecular weight is 409 g/mol. The average Bonchev–Trinajstić information content (AvgIpc) is 3.44. The first kappa shape index (κ1) is 18.5. The van der Waals surface area contributed by atoms with E-state index in [9.17, 15) is 14.0 Å². The van der Waals surface area contributed by atoms with Crippen molar-refractivity contribution in [3.63, 3.8) is 0 Å². The summed E-state index contributed by atoms with van der Waals surface area (Å²) in [5.74, 6) is -0.0479. The number of carbonyl (C=O) groups is 2. The molecule has 2 aromatic heterocycles. The van der Waals surface area contributed by atoms with E-state index in [1.807, 2.05) is 0 Å². The molecule has 2 aliphatic rings. The van der Waals surface area contributed by atoms with E-state index in [1.165, 1.54) is 11.0 Å². The van der Waals surface area contributed by atoms with Crippen LogP contribution in [0.4, 0.5) is 10.2 Å². The fourth-order valence-electron chi connectivity index (χ4n) is 4.17. The summed E-state index contributed by atoms with van der Waals surface area (Å²) in [7, 11) is 1.66. The van der Waals surface area contributed by atoms with Crippen LogP contribution in [0.3, 0.4) is 0 Å². The maximum Gasteiger partial charge on any atom is 0.291 e. The summed E-state index contributed by atoms with van der Waals surface area (Å²) in [5.41, 5.74) is 0.547. The standard InChI is InChI=1S/C20H20FN7O2/c1-26-16-6-9-22-27(16)11-8-15(20(26)30)23-19(29)17-24-18-13(7-10-28(18)25-17)12-4-2-3-5-14(12)21/h2-6,9,13,15H,7-8,10-11H2,1H3,(H,23,29)/t13-,15-/m0/s1. The van der Waals surface area contributed by atoms with Crippen LogP contribution in [0.25, 0.3) is 0 Å². The highest BCUT2D eigenvalue weighted by Crippen LogP contribution is 2.34. The number of fused-ring (bicyclic) bond motifs is 2. The molecule has 1 N–H and O–H groups in total. The van der Waals surface area contributed by atoms with E-state index in [1.54, 1.807) is 46.9 Å². The summed E-state index contributed by atoms with van der Waals surface area (Å²) < 4.78 is 17.6. The number of nitrogens with one attached hydrogen (secondary N) is 1. The van der Waals surface area contributed by atoms with Crippen LogP contribution in [0.1, 0.15) is 40.8 Å². The SMILES string of the molecule is CN1C(=O)[C@@H](NC(=O)c2nc3n(n2)CC[C@H]3c2ccccc2F)CCn2nccc21. The Hall–Kier alpha value is -3.56. The summed E-state index contributed by atoms with van der Waals surface area (Å²) in [6.45, 7) is 1.06. The van der Waals surface area contributed by atoms with Gasteiger partial charge >= 0.3 is 0 Å². The molecule has 4 heterocycles. The molecule has 0 fully saturated rings. The molecule has 0 spiro atoms. The van der Waals surface area contributed by atoms with Gasteiger partial charge < -0.3 is 5.32 Å². The second kappa shape index (κ2) is 7.05. The summed E-state index contributed by atoms with van der Waals surface area (Å²) in [6.07, 6.45) is 2.73. The van der Waals surface area contributed by atoms with Crippen LogP contribution >= 0.6 is 0 Å². The van der Waals surface area contributed by atoms with E-state index in [0.29, 0.717) is 43.1 Å². The molecule has 3 aromatic rings. The van der Waals surface area contributed by atoms with E-state index in [2.05, 4.69) is 20.5 Å². The van der Waals surface area contributed by atoms with Gasteiger partial charge in [-0.3, -0.25) is 14.5 Å². The van der Waals surface area contributed by atoms with Gasteiger partial charge in [0.2, 0.25) is 5.82 Å². The minimum absolute atomic E-state index is 0.0107. The van der Waals surface area contributed by atoms with Crippen molar-refractivity contribution in [2.24, 2.45) is 0 Å². The number of aryl methyl sites for hydroxylation is 2. The van der Waals surface area contributed by atoms with Crippen LogP contribution in [0, 0.1) is 5.82 Å². The molecule has 0 saturated heterocycles. The minimum atomic E-state index is -0.704. The van der Waals surface area contributed by atoms with Gasteiger partial charge in [0, 0.05) is 32.1 Å². The minimum Gasteiger partial charge on any atom is -0.337 e. The second-order valence-electron chi connectivity index (χ2n) is 7.50. The molecule has 2 atom stereocenters. The molecule has 30 heavy (non-hydrogen) atoms. The van der Waals surface area contributed by atoms with E-state index < -0.39 is 11.9 Å². The highest BCUT2D eigenvalue weighted by Gasteiger charge is 2.34. The lowest BCUT2D eigenvalue weighted by Gasteiger charge is -2.19. The van der Waals surface area contributed by atoms with Crippen molar-refractivity contribution in [1.82, 2.24) is 29.9 Å². The Balaban J connectivity index is 1.35. The normalized spacial score (nSPS) is 20.6. The largest absolute Gasteiger partial charge is 0.337 e. The van der Waals surface area contributed by atoms with E-state index in [-0.39, 0.29) is 23.5 Å². The van der Waals surface area contributed by atoms with E-state index in [0.717, 1.165) is 0 Å². The van der Waals surface area contributed by atoms with E-state index >= 15 is 0 Å². The zero-order chi connectivity index (χ0) is 20.8. The predicted octanol–water partition coefficient (Wildman–Crippen LogP) is 1.31. The number of hydrogen-bond acceptors (Lipinski definition) is 5. The van der Waals surface area contributed by atoms with Gasteiger partial charge in [-0.15, -0.1) is 5.10 Å². The number of aromatic nitrogens is 5. The highest BCUT2D eigenvalue weighted by molar-refractivity contribution is 6.00. The number of likely N-dealkylation sites (N-methyl/N-ethyl adjacent to an activating group) is 1. The zero-order valence-electron chi connectivity index (χ0n) is 16.3. The summed E-state index contributed by atoms with van der Waals surface area (Å²) >= 11 is 0. The van der Waals surface area contributed by atoms with Crippen molar-refractivity contribution in [3.8, 4) is 0 Å². The van der Waals surface area contributed by atoms with Gasteiger partial charge in [-0.2, -0.15) is 5.10 Å². The third-order valence-corrected chi connectivity index (χ3v) is 5.73. The first-order chi connectivity index (χ1) is 14.5. The van der Waals surface area contributed by atoms with Crippen LogP contribution in [0.15, 0.2) is 36.5 Å². The number of rotatable bonds is 3. The number of benzene rings is 1. The van der Waals surface area contributed by atoms with Crippen molar-refractivity contribution < 1.29 is 14.0 Å². The van der Waals surface area contributed by atoms with Crippen LogP contribution in [0.2, 0.25) is 0 Å². The lowest BCUT2D eigenvalue weighted by atomic mass is 9.97. The monoisotopic (exact) mass is 409 g/mol. The van der Waals surface area contributed by atoms with Crippen LogP contribution in [-0.4, -0.2) is 49.4 Å². The molecule has 5 rings (SSSR count). The Bertz CT molecular complexity index is 1140. The Morgan fingerprint density at radius 1 is 1.17 bits per heavy atom. The fraction of sp³-hybridized carbons (Fsp3) is 0.350. The fourth-order valence-corrected chi connectivity index (χ4v) is 4.17. The summed E-state index contributed by atoms with van der Waals surface area (Å²) in [6, 6.07) is 7.62. The molecule has 0 aliphatic carbocycles. The number of amides is 2. The van der Waals surface area contributed by atoms with Crippen molar-refractivity contribution in [2.75, 3.05) is 11.9 Å². The summed E-state index contributed by atoms with van der Waals surface area (Å²) in [4.78, 5) is 31.4. The van der Waals surface area contributed by atoms with Crippen molar-refractivity contribution >= 4 is 17.6 Å². The van der Waals surface area contributed by atoms with Gasteiger partial charge in [0.15, 0.2) is 0 Å². The summed E-state index contributed by atoms with van der Waals surface area (Å²) in [5, 5.41) is 11.2. The van der Waals surface area contributed by atoms with Crippen LogP contribution in [0.5, 0.6) is 0 Å². The Kier molecular flexibility index (Phi) is 4.34. The Labute approximate surface area is 171 Å². The van der Waals surface area contributed by atoms with Crippen molar-refractivity contribution in [2.45, 2.75) is 37.9 Å². The molecule has 9 nitrogen and oxygen atoms in total. The number of anilines is 1. The molecule has 0 radical (unpaired) electrons. The van der Waals surface area contributed by atoms with Crippen LogP contribution < -0.4 is 10.2 Å². The maximum absolute atomic E-state index is 14.2. The molecule has 10 heteroatoms. The molecule has 2 amide bonds. The van der Waals surface area contributed by atoms with Gasteiger partial charge in [-0.25, -0.2) is 18.7 Å². The molecular formula is C20H20FN7O2. The quantitative estimate of drug-likeness (QED) is 0.704. The smallest absolute Gasteiger partial charge is 0.291 e. The van der Waals surface area contributed by atoms with Gasteiger partial charge in [0.05, 0.1) is 6.20 Å². The molecule has 0 bridgehead atoms. The van der Waals surface area contributed by atoms with E-state index in [4.69, 9.17) is 0 Å². The van der Waals surface area contributed by atoms with Crippen molar-refractivity contribution in [3.05, 3.63) is 59.6 Å². The maximum atomic E-state index is 14.2. The predicted molar refractivity (Wildman–Crippen MR) is 104 cm³/mol. The van der Waals surface area contributed by atoms with Gasteiger partial charge in [-0.05, 0) is 24.5 Å². The number of nitrogens with zero attached hydrogens (tertiary/aromatic N) is 6. The molecular weight excluding hydrogens is 389 g/mol. The molecule has 0 unspecified atom stereocenters. The second-order valence-corrected chi connectivity index (χ2v) is 7.50. The lowest BCUT2D eigenvalue weighted by Crippen LogP contribution is -2.47. The first-order valence-corrected chi connectivity index (χ1v) is 9.82. The van der Waals surface area contributed by atoms with Gasteiger partial charge in [0.25, 0.3) is 11.8 Å². The zero-order valence-corrected chi connectivity index (χ0v) is 16.3. The number of halogens is 1. The van der Waals surface area contributed by atoms with Crippen molar-refractivity contribution in [1.29, 1.82) is 0 Å². The Morgan fingerprint density at radius 2 is 1.97 bits per heavy atom. The topological polar surface area (TPSA) is 97.9 Å². The third kappa shape index (κ3) is 2.95. The molecule has 2 aliphatic heterocycles. The third-order valence-electron chi connectivity index (χ3n) is 5.73. The number of hydrogen-bond donors (Lipinski definition) is 1. The Morgan fingerprint density at radius 3 is 2.80 bits per heavy atom. The lowest BCUT2D eigenvalue weighted by molar-refractivity contribution is -0.120.